The molecule has 8 nitrogen and oxygen atoms in total. The monoisotopic (exact) mass is 572 g/mol. The molecule has 3 atom stereocenters. The second kappa shape index (κ2) is 12.0. The van der Waals surface area contributed by atoms with Gasteiger partial charge in [0.05, 0.1) is 0 Å². The Morgan fingerprint density at radius 1 is 0.976 bits per heavy atom. The number of amides is 3. The molecule has 3 amide bonds. The molecule has 3 aromatic rings. The Labute approximate surface area is 244 Å². The smallest absolute Gasteiger partial charge is 0.255 e. The van der Waals surface area contributed by atoms with Crippen molar-refractivity contribution in [3.05, 3.63) is 100 Å². The number of carbonyl (C=O) groups excluding carboxylic acids is 3. The molecule has 2 N–H and O–H groups in total. The fourth-order valence-corrected chi connectivity index (χ4v) is 6.18. The van der Waals surface area contributed by atoms with Gasteiger partial charge in [0.15, 0.2) is 0 Å². The Morgan fingerprint density at radius 2 is 1.78 bits per heavy atom. The quantitative estimate of drug-likeness (QED) is 0.398. The van der Waals surface area contributed by atoms with Crippen LogP contribution in [-0.4, -0.2) is 58.8 Å². The lowest BCUT2D eigenvalue weighted by Gasteiger charge is -2.39. The van der Waals surface area contributed by atoms with Gasteiger partial charge in [-0.1, -0.05) is 60.1 Å². The lowest BCUT2D eigenvalue weighted by molar-refractivity contribution is -0.136. The van der Waals surface area contributed by atoms with Crippen LogP contribution in [0.4, 0.5) is 0 Å². The minimum Gasteiger partial charge on any atom is -0.487 e. The van der Waals surface area contributed by atoms with E-state index in [1.807, 2.05) is 48.5 Å². The van der Waals surface area contributed by atoms with Crippen molar-refractivity contribution in [2.75, 3.05) is 13.1 Å². The van der Waals surface area contributed by atoms with Crippen molar-refractivity contribution >= 4 is 29.3 Å². The minimum absolute atomic E-state index is 0.128. The number of carbonyl (C=O) groups is 3. The highest BCUT2D eigenvalue weighted by Gasteiger charge is 2.39. The number of piperidine rings is 2. The molecule has 3 aliphatic heterocycles. The average Bonchev–Trinajstić information content (AvgIpc) is 3.29. The summed E-state index contributed by atoms with van der Waals surface area (Å²) in [5.41, 5.74) is 3.71. The van der Waals surface area contributed by atoms with Gasteiger partial charge in [-0.2, -0.15) is 0 Å². The number of rotatable bonds is 8. The van der Waals surface area contributed by atoms with Crippen molar-refractivity contribution in [2.45, 2.75) is 57.1 Å². The lowest BCUT2D eigenvalue weighted by atomic mass is 10.00. The van der Waals surface area contributed by atoms with Gasteiger partial charge in [0.1, 0.15) is 17.9 Å². The fraction of sp³-hybridized carbons (Fsp3) is 0.344. The summed E-state index contributed by atoms with van der Waals surface area (Å²) >= 11 is 6.46. The Balaban J connectivity index is 1.18. The molecular formula is C32H33ClN4O4. The summed E-state index contributed by atoms with van der Waals surface area (Å²) in [4.78, 5) is 41.1. The largest absolute Gasteiger partial charge is 0.487 e. The van der Waals surface area contributed by atoms with E-state index in [-0.39, 0.29) is 30.4 Å². The zero-order chi connectivity index (χ0) is 28.3. The van der Waals surface area contributed by atoms with Gasteiger partial charge >= 0.3 is 0 Å². The third-order valence-corrected chi connectivity index (χ3v) is 8.56. The van der Waals surface area contributed by atoms with E-state index in [4.69, 9.17) is 16.3 Å². The van der Waals surface area contributed by atoms with Crippen LogP contribution < -0.4 is 15.4 Å². The lowest BCUT2D eigenvalue weighted by Crippen LogP contribution is -2.54. The number of halogens is 1. The molecule has 3 heterocycles. The number of hydrogen-bond acceptors (Lipinski definition) is 6. The zero-order valence-electron chi connectivity index (χ0n) is 22.7. The molecule has 6 rings (SSSR count). The first-order valence-corrected chi connectivity index (χ1v) is 14.5. The van der Waals surface area contributed by atoms with Crippen LogP contribution in [0, 0.1) is 0 Å². The van der Waals surface area contributed by atoms with Crippen molar-refractivity contribution in [3.8, 4) is 5.75 Å². The maximum absolute atomic E-state index is 13.1. The topological polar surface area (TPSA) is 91.0 Å². The highest BCUT2D eigenvalue weighted by molar-refractivity contribution is 6.31. The summed E-state index contributed by atoms with van der Waals surface area (Å²) < 4.78 is 6.64. The normalized spacial score (nSPS) is 22.9. The van der Waals surface area contributed by atoms with Crippen LogP contribution in [0.1, 0.15) is 46.3 Å². The molecule has 0 spiro atoms. The van der Waals surface area contributed by atoms with Crippen LogP contribution in [-0.2, 0) is 29.2 Å². The molecule has 2 fully saturated rings. The highest BCUT2D eigenvalue weighted by atomic mass is 35.5. The number of nitrogens with one attached hydrogen (secondary N) is 2. The number of nitrogens with zero attached hydrogens (tertiary/aromatic N) is 2. The molecule has 0 radical (unpaired) electrons. The van der Waals surface area contributed by atoms with Crippen LogP contribution in [0.15, 0.2) is 72.8 Å². The first kappa shape index (κ1) is 27.4. The van der Waals surface area contributed by atoms with E-state index in [0.717, 1.165) is 48.7 Å². The van der Waals surface area contributed by atoms with Crippen LogP contribution in [0.2, 0.25) is 5.02 Å². The molecule has 41 heavy (non-hydrogen) atoms. The molecule has 0 bridgehead atoms. The zero-order valence-corrected chi connectivity index (χ0v) is 23.5. The number of imide groups is 1. The Bertz CT molecular complexity index is 1450. The summed E-state index contributed by atoms with van der Waals surface area (Å²) in [6, 6.07) is 23.3. The van der Waals surface area contributed by atoms with Crippen molar-refractivity contribution < 1.29 is 19.1 Å². The summed E-state index contributed by atoms with van der Waals surface area (Å²) in [6.45, 7) is 3.43. The van der Waals surface area contributed by atoms with Gasteiger partial charge in [0.25, 0.3) is 5.91 Å². The van der Waals surface area contributed by atoms with Gasteiger partial charge in [0.2, 0.25) is 11.8 Å². The molecule has 0 saturated carbocycles. The first-order chi connectivity index (χ1) is 19.9. The second-order valence-corrected chi connectivity index (χ2v) is 11.4. The Morgan fingerprint density at radius 3 is 2.59 bits per heavy atom. The number of likely N-dealkylation sites (tertiary alicyclic amines) is 1. The standard InChI is InChI=1S/C32H33ClN4O4/c33-26-9-5-4-8-22(26)18-36-15-14-27(34-17-21-6-2-1-3-7-21)29(20-36)41-24-10-11-25-23(16-24)19-37(32(25)40)28-12-13-30(38)35-31(28)39/h1-11,16,27-29,34H,12-15,17-20H2,(H,35,38,39)/t27-,28?,29-/m0/s1. The number of hydrogen-bond donors (Lipinski definition) is 2. The van der Waals surface area contributed by atoms with Crippen molar-refractivity contribution in [1.82, 2.24) is 20.4 Å². The molecule has 3 aliphatic rings. The highest BCUT2D eigenvalue weighted by Crippen LogP contribution is 2.31. The predicted molar refractivity (Wildman–Crippen MR) is 155 cm³/mol. The third kappa shape index (κ3) is 6.15. The minimum atomic E-state index is -0.639. The van der Waals surface area contributed by atoms with Gasteiger partial charge in [-0.3, -0.25) is 24.6 Å². The van der Waals surface area contributed by atoms with E-state index in [1.54, 1.807) is 11.0 Å². The van der Waals surface area contributed by atoms with Gasteiger partial charge in [-0.25, -0.2) is 0 Å². The maximum Gasteiger partial charge on any atom is 0.255 e. The Hall–Kier alpha value is -3.72. The van der Waals surface area contributed by atoms with Crippen molar-refractivity contribution in [2.24, 2.45) is 0 Å². The van der Waals surface area contributed by atoms with Gasteiger partial charge in [0, 0.05) is 55.8 Å². The van der Waals surface area contributed by atoms with Crippen LogP contribution in [0.3, 0.4) is 0 Å². The summed E-state index contributed by atoms with van der Waals surface area (Å²) in [6.07, 6.45) is 1.35. The van der Waals surface area contributed by atoms with Gasteiger partial charge in [-0.05, 0) is 53.8 Å². The first-order valence-electron chi connectivity index (χ1n) is 14.1. The van der Waals surface area contributed by atoms with E-state index in [1.165, 1.54) is 5.56 Å². The number of fused-ring (bicyclic) bond motifs is 1. The number of benzene rings is 3. The van der Waals surface area contributed by atoms with Crippen molar-refractivity contribution in [1.29, 1.82) is 0 Å². The third-order valence-electron chi connectivity index (χ3n) is 8.19. The molecule has 3 aromatic carbocycles. The van der Waals surface area contributed by atoms with E-state index in [2.05, 4.69) is 33.7 Å². The number of ether oxygens (including phenoxy) is 1. The van der Waals surface area contributed by atoms with E-state index in [9.17, 15) is 14.4 Å². The molecule has 0 aliphatic carbocycles. The molecule has 1 unspecified atom stereocenters. The van der Waals surface area contributed by atoms with E-state index < -0.39 is 11.9 Å². The second-order valence-electron chi connectivity index (χ2n) is 11.0. The van der Waals surface area contributed by atoms with Gasteiger partial charge < -0.3 is 15.0 Å². The summed E-state index contributed by atoms with van der Waals surface area (Å²) in [5.74, 6) is -0.200. The fourth-order valence-electron chi connectivity index (χ4n) is 5.99. The Kier molecular flexibility index (Phi) is 8.05. The van der Waals surface area contributed by atoms with E-state index >= 15 is 0 Å². The molecule has 9 heteroatoms. The maximum atomic E-state index is 13.1. The molecular weight excluding hydrogens is 540 g/mol. The average molecular weight is 573 g/mol. The summed E-state index contributed by atoms with van der Waals surface area (Å²) in [5, 5.41) is 6.83. The van der Waals surface area contributed by atoms with Gasteiger partial charge in [-0.15, -0.1) is 0 Å². The van der Waals surface area contributed by atoms with Crippen molar-refractivity contribution in [3.63, 3.8) is 0 Å². The molecule has 0 aromatic heterocycles. The van der Waals surface area contributed by atoms with Crippen LogP contribution in [0.25, 0.3) is 0 Å². The molecule has 212 valence electrons. The summed E-state index contributed by atoms with van der Waals surface area (Å²) in [7, 11) is 0. The molecule has 2 saturated heterocycles. The van der Waals surface area contributed by atoms with Crippen LogP contribution >= 0.6 is 11.6 Å². The van der Waals surface area contributed by atoms with E-state index in [0.29, 0.717) is 24.3 Å². The SMILES string of the molecule is O=C1CCC(N2Cc3cc(O[C@H]4CN(Cc5ccccc5Cl)CC[C@@H]4NCc4ccccc4)ccc3C2=O)C(=O)N1. The van der Waals surface area contributed by atoms with Crippen LogP contribution in [0.5, 0.6) is 5.75 Å². The predicted octanol–water partition coefficient (Wildman–Crippen LogP) is 3.91.